The molecule has 1 aromatic carbocycles. The number of anilines is 3. The van der Waals surface area contributed by atoms with Crippen LogP contribution < -0.4 is 15.5 Å². The number of morpholine rings is 1. The summed E-state index contributed by atoms with van der Waals surface area (Å²) in [6.45, 7) is 5.16. The van der Waals surface area contributed by atoms with Gasteiger partial charge in [-0.1, -0.05) is 30.3 Å². The fraction of sp³-hybridized carbons (Fsp3) is 0.391. The van der Waals surface area contributed by atoms with Crippen molar-refractivity contribution in [2.24, 2.45) is 0 Å². The number of nitrogen functional groups attached to an aromatic ring is 1. The summed E-state index contributed by atoms with van der Waals surface area (Å²) in [5, 5.41) is 0.985. The highest BCUT2D eigenvalue weighted by Crippen LogP contribution is 2.35. The van der Waals surface area contributed by atoms with Gasteiger partial charge >= 0.3 is 0 Å². The first-order valence-electron chi connectivity index (χ1n) is 10.5. The smallest absolute Gasteiger partial charge is 0.164 e. The largest absolute Gasteiger partial charge is 0.396 e. The van der Waals surface area contributed by atoms with Crippen molar-refractivity contribution in [3.05, 3.63) is 42.5 Å². The molecule has 2 saturated heterocycles. The standard InChI is InChI=1S/C23H27N5O/c24-20-16-18-15-19(17-7-3-1-4-8-17)22(28-11-13-29-14-12-28)25-21(18)26-23(20)27-9-5-2-6-10-27/h1,3-4,7-8,15-16H,2,5-6,9-14,24H2. The van der Waals surface area contributed by atoms with E-state index >= 15 is 0 Å². The lowest BCUT2D eigenvalue weighted by atomic mass is 10.0. The molecule has 6 nitrogen and oxygen atoms in total. The summed E-state index contributed by atoms with van der Waals surface area (Å²) in [6, 6.07) is 14.7. The molecule has 0 spiro atoms. The molecule has 0 saturated carbocycles. The van der Waals surface area contributed by atoms with E-state index in [0.29, 0.717) is 0 Å². The van der Waals surface area contributed by atoms with E-state index in [1.165, 1.54) is 19.3 Å². The maximum Gasteiger partial charge on any atom is 0.164 e. The van der Waals surface area contributed by atoms with Gasteiger partial charge in [0.05, 0.1) is 18.9 Å². The van der Waals surface area contributed by atoms with Crippen molar-refractivity contribution >= 4 is 28.4 Å². The summed E-state index contributed by atoms with van der Waals surface area (Å²) in [5.41, 5.74) is 10.2. The number of nitrogens with zero attached hydrogens (tertiary/aromatic N) is 4. The van der Waals surface area contributed by atoms with Crippen LogP contribution in [0.4, 0.5) is 17.3 Å². The molecule has 0 atom stereocenters. The Morgan fingerprint density at radius 3 is 2.24 bits per heavy atom. The monoisotopic (exact) mass is 389 g/mol. The number of fused-ring (bicyclic) bond motifs is 1. The molecule has 0 radical (unpaired) electrons. The Labute approximate surface area is 171 Å². The quantitative estimate of drug-likeness (QED) is 0.737. The second kappa shape index (κ2) is 7.87. The molecule has 29 heavy (non-hydrogen) atoms. The zero-order valence-electron chi connectivity index (χ0n) is 16.7. The lowest BCUT2D eigenvalue weighted by Gasteiger charge is -2.30. The Morgan fingerprint density at radius 1 is 0.793 bits per heavy atom. The lowest BCUT2D eigenvalue weighted by molar-refractivity contribution is 0.122. The normalized spacial score (nSPS) is 17.7. The molecule has 2 aromatic heterocycles. The highest BCUT2D eigenvalue weighted by molar-refractivity contribution is 5.91. The van der Waals surface area contributed by atoms with Gasteiger partial charge in [0, 0.05) is 37.1 Å². The predicted molar refractivity (Wildman–Crippen MR) is 118 cm³/mol. The predicted octanol–water partition coefficient (Wildman–Crippen LogP) is 3.71. The van der Waals surface area contributed by atoms with Gasteiger partial charge in [-0.3, -0.25) is 0 Å². The molecule has 2 aliphatic rings. The summed E-state index contributed by atoms with van der Waals surface area (Å²) < 4.78 is 5.56. The third-order valence-electron chi connectivity index (χ3n) is 5.84. The number of hydrogen-bond acceptors (Lipinski definition) is 6. The molecule has 0 bridgehead atoms. The van der Waals surface area contributed by atoms with Crippen molar-refractivity contribution in [1.82, 2.24) is 9.97 Å². The van der Waals surface area contributed by atoms with E-state index in [9.17, 15) is 0 Å². The Balaban J connectivity index is 1.65. The second-order valence-corrected chi connectivity index (χ2v) is 7.82. The van der Waals surface area contributed by atoms with E-state index in [1.54, 1.807) is 0 Å². The van der Waals surface area contributed by atoms with Gasteiger partial charge in [-0.25, -0.2) is 9.97 Å². The van der Waals surface area contributed by atoms with E-state index in [0.717, 1.165) is 78.9 Å². The van der Waals surface area contributed by atoms with Gasteiger partial charge in [0.1, 0.15) is 5.82 Å². The molecule has 0 aliphatic carbocycles. The first kappa shape index (κ1) is 18.2. The van der Waals surface area contributed by atoms with Crippen molar-refractivity contribution < 1.29 is 4.74 Å². The van der Waals surface area contributed by atoms with Crippen LogP contribution in [0.3, 0.4) is 0 Å². The fourth-order valence-electron chi connectivity index (χ4n) is 4.31. The summed E-state index contributed by atoms with van der Waals surface area (Å²) >= 11 is 0. The van der Waals surface area contributed by atoms with Crippen molar-refractivity contribution in [2.75, 3.05) is 54.9 Å². The van der Waals surface area contributed by atoms with E-state index in [1.807, 2.05) is 12.1 Å². The van der Waals surface area contributed by atoms with Crippen LogP contribution in [0.2, 0.25) is 0 Å². The van der Waals surface area contributed by atoms with Crippen molar-refractivity contribution in [3.8, 4) is 11.1 Å². The molecule has 0 amide bonds. The molecule has 150 valence electrons. The SMILES string of the molecule is Nc1cc2cc(-c3ccccc3)c(N3CCOCC3)nc2nc1N1CCCCC1. The van der Waals surface area contributed by atoms with Crippen LogP contribution in [-0.4, -0.2) is 49.4 Å². The molecule has 5 rings (SSSR count). The third kappa shape index (κ3) is 3.60. The number of aromatic nitrogens is 2. The number of nitrogens with two attached hydrogens (primary N) is 1. The molecule has 3 aromatic rings. The number of benzene rings is 1. The second-order valence-electron chi connectivity index (χ2n) is 7.82. The minimum atomic E-state index is 0.724. The third-order valence-corrected chi connectivity index (χ3v) is 5.84. The topological polar surface area (TPSA) is 67.5 Å². The fourth-order valence-corrected chi connectivity index (χ4v) is 4.31. The molecule has 2 N–H and O–H groups in total. The van der Waals surface area contributed by atoms with Crippen molar-refractivity contribution in [3.63, 3.8) is 0 Å². The van der Waals surface area contributed by atoms with Crippen LogP contribution in [0.1, 0.15) is 19.3 Å². The van der Waals surface area contributed by atoms with Crippen molar-refractivity contribution in [1.29, 1.82) is 0 Å². The van der Waals surface area contributed by atoms with E-state index in [2.05, 4.69) is 40.1 Å². The van der Waals surface area contributed by atoms with Gasteiger partial charge in [0.25, 0.3) is 0 Å². The maximum absolute atomic E-state index is 6.43. The molecule has 2 fully saturated rings. The Hall–Kier alpha value is -2.86. The lowest BCUT2D eigenvalue weighted by Crippen LogP contribution is -2.37. The zero-order chi connectivity index (χ0) is 19.6. The number of pyridine rings is 2. The highest BCUT2D eigenvalue weighted by atomic mass is 16.5. The Morgan fingerprint density at radius 2 is 1.48 bits per heavy atom. The average molecular weight is 390 g/mol. The summed E-state index contributed by atoms with van der Waals surface area (Å²) in [4.78, 5) is 14.6. The highest BCUT2D eigenvalue weighted by Gasteiger charge is 2.21. The average Bonchev–Trinajstić information content (AvgIpc) is 2.79. The summed E-state index contributed by atoms with van der Waals surface area (Å²) in [7, 11) is 0. The summed E-state index contributed by atoms with van der Waals surface area (Å²) in [6.07, 6.45) is 3.67. The molecule has 4 heterocycles. The Kier molecular flexibility index (Phi) is 4.94. The van der Waals surface area contributed by atoms with Crippen LogP contribution in [0.5, 0.6) is 0 Å². The molecular weight excluding hydrogens is 362 g/mol. The number of ether oxygens (including phenoxy) is 1. The molecule has 0 unspecified atom stereocenters. The summed E-state index contributed by atoms with van der Waals surface area (Å²) in [5.74, 6) is 1.86. The van der Waals surface area contributed by atoms with Crippen LogP contribution in [0.25, 0.3) is 22.2 Å². The van der Waals surface area contributed by atoms with Gasteiger partial charge in [0.2, 0.25) is 0 Å². The molecule has 6 heteroatoms. The minimum absolute atomic E-state index is 0.724. The maximum atomic E-state index is 6.43. The number of rotatable bonds is 3. The van der Waals surface area contributed by atoms with Crippen LogP contribution in [0.15, 0.2) is 42.5 Å². The van der Waals surface area contributed by atoms with E-state index in [-0.39, 0.29) is 0 Å². The van der Waals surface area contributed by atoms with Gasteiger partial charge < -0.3 is 20.3 Å². The van der Waals surface area contributed by atoms with Gasteiger partial charge in [-0.2, -0.15) is 0 Å². The van der Waals surface area contributed by atoms with Crippen LogP contribution in [0, 0.1) is 0 Å². The van der Waals surface area contributed by atoms with Crippen LogP contribution >= 0.6 is 0 Å². The number of hydrogen-bond donors (Lipinski definition) is 1. The van der Waals surface area contributed by atoms with Gasteiger partial charge in [0.15, 0.2) is 11.5 Å². The van der Waals surface area contributed by atoms with Gasteiger partial charge in [-0.15, -0.1) is 0 Å². The first-order chi connectivity index (χ1) is 14.3. The molecular formula is C23H27N5O. The van der Waals surface area contributed by atoms with E-state index < -0.39 is 0 Å². The zero-order valence-corrected chi connectivity index (χ0v) is 16.7. The minimum Gasteiger partial charge on any atom is -0.396 e. The number of piperidine rings is 1. The van der Waals surface area contributed by atoms with E-state index in [4.69, 9.17) is 20.4 Å². The molecule has 2 aliphatic heterocycles. The van der Waals surface area contributed by atoms with Gasteiger partial charge in [-0.05, 0) is 37.0 Å². The first-order valence-corrected chi connectivity index (χ1v) is 10.5. The van der Waals surface area contributed by atoms with Crippen molar-refractivity contribution in [2.45, 2.75) is 19.3 Å². The van der Waals surface area contributed by atoms with Crippen LogP contribution in [-0.2, 0) is 4.74 Å². The Bertz CT molecular complexity index is 995.